The number of rotatable bonds is 5. The van der Waals surface area contributed by atoms with Crippen LogP contribution in [-0.2, 0) is 19.5 Å². The summed E-state index contributed by atoms with van der Waals surface area (Å²) in [7, 11) is 1.80. The van der Waals surface area contributed by atoms with Gasteiger partial charge in [-0.15, -0.1) is 0 Å². The van der Waals surface area contributed by atoms with E-state index in [0.29, 0.717) is 12.0 Å². The lowest BCUT2D eigenvalue weighted by molar-refractivity contribution is 0.391. The molecule has 1 aliphatic rings. The van der Waals surface area contributed by atoms with Crippen LogP contribution in [0.1, 0.15) is 43.4 Å². The van der Waals surface area contributed by atoms with Crippen LogP contribution in [0.2, 0.25) is 0 Å². The minimum atomic E-state index is 0.312. The summed E-state index contributed by atoms with van der Waals surface area (Å²) >= 11 is 0. The summed E-state index contributed by atoms with van der Waals surface area (Å²) in [5, 5.41) is 15.8. The lowest BCUT2D eigenvalue weighted by Gasteiger charge is -2.25. The molecule has 1 aliphatic heterocycles. The Hall–Kier alpha value is -2.38. The second kappa shape index (κ2) is 7.67. The van der Waals surface area contributed by atoms with Gasteiger partial charge in [-0.05, 0) is 18.9 Å². The molecule has 2 aromatic rings. The lowest BCUT2D eigenvalue weighted by atomic mass is 10.1. The zero-order valence-electron chi connectivity index (χ0n) is 15.5. The second-order valence-corrected chi connectivity index (χ2v) is 6.88. The third kappa shape index (κ3) is 4.37. The molecule has 0 saturated heterocycles. The molecule has 0 fully saturated rings. The smallest absolute Gasteiger partial charge is 0.191 e. The van der Waals surface area contributed by atoms with Crippen molar-refractivity contribution in [2.24, 2.45) is 4.99 Å². The fourth-order valence-corrected chi connectivity index (χ4v) is 2.96. The lowest BCUT2D eigenvalue weighted by Crippen LogP contribution is -2.47. The summed E-state index contributed by atoms with van der Waals surface area (Å²) in [6, 6.07) is 0.312. The van der Waals surface area contributed by atoms with E-state index in [-0.39, 0.29) is 0 Å². The van der Waals surface area contributed by atoms with Crippen LogP contribution in [-0.4, -0.2) is 50.1 Å². The maximum atomic E-state index is 4.64. The Kier molecular flexibility index (Phi) is 5.35. The maximum Gasteiger partial charge on any atom is 0.191 e. The van der Waals surface area contributed by atoms with Gasteiger partial charge < -0.3 is 10.6 Å². The molecule has 136 valence electrons. The zero-order chi connectivity index (χ0) is 17.8. The molecule has 0 spiro atoms. The largest absolute Gasteiger partial charge is 0.355 e. The van der Waals surface area contributed by atoms with Crippen LogP contribution in [0.5, 0.6) is 0 Å². The van der Waals surface area contributed by atoms with Gasteiger partial charge in [0, 0.05) is 38.2 Å². The summed E-state index contributed by atoms with van der Waals surface area (Å²) in [5.74, 6) is 3.22. The molecule has 0 amide bonds. The van der Waals surface area contributed by atoms with Crippen molar-refractivity contribution < 1.29 is 0 Å². The summed E-state index contributed by atoms with van der Waals surface area (Å²) in [4.78, 5) is 8.97. The first-order valence-corrected chi connectivity index (χ1v) is 8.95. The standard InChI is InChI=1S/C17H28N8/c1-12(2)16-22-15-6-5-14(11-25(15)23-16)21-17(18-4)19-7-8-24-10-13(3)9-20-24/h9-10,12,14H,5-8,11H2,1-4H3,(H2,18,19,21). The number of hydrogen-bond donors (Lipinski definition) is 2. The maximum absolute atomic E-state index is 4.64. The van der Waals surface area contributed by atoms with E-state index in [0.717, 1.165) is 50.1 Å². The Balaban J connectivity index is 1.50. The SMILES string of the molecule is CN=C(NCCn1cc(C)cn1)NC1CCc2nc(C(C)C)nn2C1. The minimum Gasteiger partial charge on any atom is -0.355 e. The highest BCUT2D eigenvalue weighted by molar-refractivity contribution is 5.79. The predicted octanol–water partition coefficient (Wildman–Crippen LogP) is 1.09. The third-order valence-electron chi connectivity index (χ3n) is 4.35. The fourth-order valence-electron chi connectivity index (χ4n) is 2.96. The summed E-state index contributed by atoms with van der Waals surface area (Å²) in [5.41, 5.74) is 1.18. The van der Waals surface area contributed by atoms with Crippen LogP contribution in [0.4, 0.5) is 0 Å². The predicted molar refractivity (Wildman–Crippen MR) is 97.7 cm³/mol. The van der Waals surface area contributed by atoms with E-state index in [1.165, 1.54) is 5.56 Å². The first-order chi connectivity index (χ1) is 12.0. The Morgan fingerprint density at radius 2 is 2.28 bits per heavy atom. The number of guanidine groups is 1. The van der Waals surface area contributed by atoms with Gasteiger partial charge in [0.15, 0.2) is 11.8 Å². The highest BCUT2D eigenvalue weighted by Gasteiger charge is 2.23. The van der Waals surface area contributed by atoms with Crippen LogP contribution < -0.4 is 10.6 Å². The summed E-state index contributed by atoms with van der Waals surface area (Å²) in [6.07, 6.45) is 5.89. The van der Waals surface area contributed by atoms with Crippen molar-refractivity contribution in [3.63, 3.8) is 0 Å². The number of aliphatic imine (C=N–C) groups is 1. The van der Waals surface area contributed by atoms with Crippen molar-refractivity contribution in [1.82, 2.24) is 35.2 Å². The summed E-state index contributed by atoms with van der Waals surface area (Å²) in [6.45, 7) is 8.72. The Bertz CT molecular complexity index is 727. The van der Waals surface area contributed by atoms with Gasteiger partial charge in [0.1, 0.15) is 5.82 Å². The van der Waals surface area contributed by atoms with Crippen molar-refractivity contribution in [3.05, 3.63) is 29.6 Å². The zero-order valence-corrected chi connectivity index (χ0v) is 15.5. The topological polar surface area (TPSA) is 84.9 Å². The fraction of sp³-hybridized carbons (Fsp3) is 0.647. The summed E-state index contributed by atoms with van der Waals surface area (Å²) < 4.78 is 3.97. The van der Waals surface area contributed by atoms with Crippen LogP contribution in [0.15, 0.2) is 17.4 Å². The van der Waals surface area contributed by atoms with Gasteiger partial charge >= 0.3 is 0 Å². The third-order valence-corrected chi connectivity index (χ3v) is 4.35. The molecule has 8 heteroatoms. The Morgan fingerprint density at radius 3 is 2.96 bits per heavy atom. The van der Waals surface area contributed by atoms with E-state index in [1.807, 2.05) is 28.7 Å². The van der Waals surface area contributed by atoms with Crippen molar-refractivity contribution in [1.29, 1.82) is 0 Å². The molecule has 2 N–H and O–H groups in total. The number of hydrogen-bond acceptors (Lipinski definition) is 4. The van der Waals surface area contributed by atoms with E-state index in [9.17, 15) is 0 Å². The molecule has 1 atom stereocenters. The monoisotopic (exact) mass is 344 g/mol. The van der Waals surface area contributed by atoms with Crippen molar-refractivity contribution in [3.8, 4) is 0 Å². The van der Waals surface area contributed by atoms with Gasteiger partial charge in [-0.1, -0.05) is 13.8 Å². The molecule has 25 heavy (non-hydrogen) atoms. The molecular weight excluding hydrogens is 316 g/mol. The Morgan fingerprint density at radius 1 is 1.44 bits per heavy atom. The molecule has 3 rings (SSSR count). The molecular formula is C17H28N8. The molecule has 3 heterocycles. The number of nitrogens with one attached hydrogen (secondary N) is 2. The number of aromatic nitrogens is 5. The van der Waals surface area contributed by atoms with Crippen molar-refractivity contribution in [2.75, 3.05) is 13.6 Å². The van der Waals surface area contributed by atoms with E-state index in [1.54, 1.807) is 7.05 Å². The number of fused-ring (bicyclic) bond motifs is 1. The van der Waals surface area contributed by atoms with E-state index in [4.69, 9.17) is 0 Å². The van der Waals surface area contributed by atoms with Crippen LogP contribution in [0.3, 0.4) is 0 Å². The van der Waals surface area contributed by atoms with Gasteiger partial charge in [-0.2, -0.15) is 10.2 Å². The molecule has 2 aromatic heterocycles. The molecule has 0 radical (unpaired) electrons. The van der Waals surface area contributed by atoms with E-state index in [2.05, 4.69) is 44.7 Å². The molecule has 0 aliphatic carbocycles. The molecule has 0 bridgehead atoms. The average Bonchev–Trinajstić information content (AvgIpc) is 3.19. The van der Waals surface area contributed by atoms with E-state index < -0.39 is 0 Å². The normalized spacial score (nSPS) is 17.6. The number of aryl methyl sites for hydroxylation is 2. The highest BCUT2D eigenvalue weighted by atomic mass is 15.4. The van der Waals surface area contributed by atoms with Gasteiger partial charge in [0.25, 0.3) is 0 Å². The molecule has 0 aromatic carbocycles. The molecule has 1 unspecified atom stereocenters. The van der Waals surface area contributed by atoms with Crippen LogP contribution >= 0.6 is 0 Å². The van der Waals surface area contributed by atoms with E-state index >= 15 is 0 Å². The molecule has 8 nitrogen and oxygen atoms in total. The number of nitrogens with zero attached hydrogens (tertiary/aromatic N) is 6. The van der Waals surface area contributed by atoms with Gasteiger partial charge in [0.2, 0.25) is 0 Å². The van der Waals surface area contributed by atoms with Gasteiger partial charge in [-0.3, -0.25) is 9.67 Å². The van der Waals surface area contributed by atoms with Crippen LogP contribution in [0, 0.1) is 6.92 Å². The second-order valence-electron chi connectivity index (χ2n) is 6.88. The van der Waals surface area contributed by atoms with Crippen molar-refractivity contribution in [2.45, 2.75) is 58.7 Å². The van der Waals surface area contributed by atoms with Crippen LogP contribution in [0.25, 0.3) is 0 Å². The first kappa shape index (κ1) is 17.4. The quantitative estimate of drug-likeness (QED) is 0.626. The Labute approximate surface area is 148 Å². The van der Waals surface area contributed by atoms with Gasteiger partial charge in [-0.25, -0.2) is 9.67 Å². The molecule has 0 saturated carbocycles. The average molecular weight is 344 g/mol. The van der Waals surface area contributed by atoms with Gasteiger partial charge in [0.05, 0.1) is 19.3 Å². The first-order valence-electron chi connectivity index (χ1n) is 8.95. The highest BCUT2D eigenvalue weighted by Crippen LogP contribution is 2.16. The minimum absolute atomic E-state index is 0.312. The van der Waals surface area contributed by atoms with Crippen molar-refractivity contribution >= 4 is 5.96 Å².